The van der Waals surface area contributed by atoms with Gasteiger partial charge in [0.25, 0.3) is 0 Å². The highest BCUT2D eigenvalue weighted by Crippen LogP contribution is 2.28. The Morgan fingerprint density at radius 1 is 1.42 bits per heavy atom. The molecule has 4 nitrogen and oxygen atoms in total. The fraction of sp³-hybridized carbons (Fsp3) is 0.286. The Labute approximate surface area is 115 Å². The molecule has 5 heteroatoms. The van der Waals surface area contributed by atoms with E-state index in [1.165, 1.54) is 11.3 Å². The Hall–Kier alpha value is -1.88. The van der Waals surface area contributed by atoms with Crippen molar-refractivity contribution in [2.75, 3.05) is 18.1 Å². The van der Waals surface area contributed by atoms with Gasteiger partial charge in [-0.15, -0.1) is 0 Å². The first-order valence-corrected chi connectivity index (χ1v) is 6.98. The Balaban J connectivity index is 1.87. The summed E-state index contributed by atoms with van der Waals surface area (Å²) in [4.78, 5) is 18.5. The summed E-state index contributed by atoms with van der Waals surface area (Å²) in [7, 11) is 0. The molecule has 0 N–H and O–H groups in total. The summed E-state index contributed by atoms with van der Waals surface area (Å²) in [6, 6.07) is 8.04. The smallest absolute Gasteiger partial charge is 0.186 e. The van der Waals surface area contributed by atoms with Crippen LogP contribution >= 0.6 is 11.3 Å². The molecule has 2 heterocycles. The van der Waals surface area contributed by atoms with Gasteiger partial charge < -0.3 is 9.64 Å². The van der Waals surface area contributed by atoms with Crippen molar-refractivity contribution in [2.45, 2.75) is 13.5 Å². The lowest BCUT2D eigenvalue weighted by Crippen LogP contribution is -2.24. The average molecular weight is 274 g/mol. The van der Waals surface area contributed by atoms with Crippen molar-refractivity contribution >= 4 is 22.3 Å². The fourth-order valence-electron chi connectivity index (χ4n) is 2.06. The summed E-state index contributed by atoms with van der Waals surface area (Å²) in [5, 5.41) is 0.880. The van der Waals surface area contributed by atoms with E-state index >= 15 is 0 Å². The van der Waals surface area contributed by atoms with E-state index < -0.39 is 0 Å². The molecule has 0 bridgehead atoms. The van der Waals surface area contributed by atoms with Gasteiger partial charge in [-0.2, -0.15) is 0 Å². The molecule has 19 heavy (non-hydrogen) atoms. The normalized spacial score (nSPS) is 14.5. The first-order valence-electron chi connectivity index (χ1n) is 6.16. The first-order chi connectivity index (χ1) is 9.24. The van der Waals surface area contributed by atoms with Crippen LogP contribution in [0.4, 0.5) is 5.13 Å². The zero-order valence-corrected chi connectivity index (χ0v) is 11.4. The molecule has 0 unspecified atom stereocenters. The van der Waals surface area contributed by atoms with Gasteiger partial charge in [0, 0.05) is 19.0 Å². The Morgan fingerprint density at radius 3 is 3.05 bits per heavy atom. The molecule has 98 valence electrons. The lowest BCUT2D eigenvalue weighted by Gasteiger charge is -2.18. The molecule has 0 aliphatic carbocycles. The van der Waals surface area contributed by atoms with Crippen LogP contribution in [0.1, 0.15) is 22.2 Å². The van der Waals surface area contributed by atoms with Crippen LogP contribution in [-0.4, -0.2) is 23.9 Å². The number of benzene rings is 1. The molecule has 0 atom stereocenters. The fourth-order valence-corrected chi connectivity index (χ4v) is 2.90. The standard InChI is InChI=1S/C14H14N2O2S/c1-10(17)13-8-15-14(19-13)16-6-7-18-12-5-3-2-4-11(12)9-16/h2-5,8H,6-7,9H2,1H3. The van der Waals surface area contributed by atoms with Crippen LogP contribution in [-0.2, 0) is 6.54 Å². The summed E-state index contributed by atoms with van der Waals surface area (Å²) in [6.07, 6.45) is 1.65. The van der Waals surface area contributed by atoms with Crippen LogP contribution < -0.4 is 9.64 Å². The maximum Gasteiger partial charge on any atom is 0.186 e. The van der Waals surface area contributed by atoms with Gasteiger partial charge in [-0.25, -0.2) is 4.98 Å². The topological polar surface area (TPSA) is 42.4 Å². The van der Waals surface area contributed by atoms with Gasteiger partial charge in [0.2, 0.25) is 0 Å². The van der Waals surface area contributed by atoms with Crippen LogP contribution in [0.5, 0.6) is 5.75 Å². The number of carbonyl (C=O) groups excluding carboxylic acids is 1. The quantitative estimate of drug-likeness (QED) is 0.790. The van der Waals surface area contributed by atoms with E-state index in [0.717, 1.165) is 29.5 Å². The zero-order valence-electron chi connectivity index (χ0n) is 10.6. The molecule has 0 spiro atoms. The number of ether oxygens (including phenoxy) is 1. The maximum absolute atomic E-state index is 11.3. The Morgan fingerprint density at radius 2 is 2.26 bits per heavy atom. The van der Waals surface area contributed by atoms with Crippen LogP contribution in [0, 0.1) is 0 Å². The minimum absolute atomic E-state index is 0.0650. The van der Waals surface area contributed by atoms with E-state index in [0.29, 0.717) is 11.5 Å². The molecule has 0 saturated heterocycles. The number of aromatic nitrogens is 1. The highest BCUT2D eigenvalue weighted by molar-refractivity contribution is 7.17. The van der Waals surface area contributed by atoms with Crippen molar-refractivity contribution in [1.82, 2.24) is 4.98 Å². The lowest BCUT2D eigenvalue weighted by atomic mass is 10.2. The van der Waals surface area contributed by atoms with E-state index in [1.807, 2.05) is 18.2 Å². The predicted molar refractivity (Wildman–Crippen MR) is 75.1 cm³/mol. The number of anilines is 1. The number of fused-ring (bicyclic) bond motifs is 1. The van der Waals surface area contributed by atoms with E-state index in [2.05, 4.69) is 16.0 Å². The van der Waals surface area contributed by atoms with Crippen molar-refractivity contribution in [3.8, 4) is 5.75 Å². The average Bonchev–Trinajstić information content (AvgIpc) is 2.80. The van der Waals surface area contributed by atoms with Crippen molar-refractivity contribution in [2.24, 2.45) is 0 Å². The molecule has 0 fully saturated rings. The van der Waals surface area contributed by atoms with Crippen LogP contribution in [0.25, 0.3) is 0 Å². The second kappa shape index (κ2) is 5.01. The second-order valence-electron chi connectivity index (χ2n) is 4.44. The number of carbonyl (C=O) groups is 1. The van der Waals surface area contributed by atoms with E-state index in [-0.39, 0.29) is 5.78 Å². The summed E-state index contributed by atoms with van der Waals surface area (Å²) in [6.45, 7) is 3.74. The third kappa shape index (κ3) is 2.46. The van der Waals surface area contributed by atoms with Crippen LogP contribution in [0.3, 0.4) is 0 Å². The minimum atomic E-state index is 0.0650. The van der Waals surface area contributed by atoms with Crippen molar-refractivity contribution in [3.63, 3.8) is 0 Å². The first kappa shape index (κ1) is 12.2. The second-order valence-corrected chi connectivity index (χ2v) is 5.45. The van der Waals surface area contributed by atoms with Gasteiger partial charge in [-0.05, 0) is 6.07 Å². The molecule has 0 amide bonds. The van der Waals surface area contributed by atoms with Crippen molar-refractivity contribution in [3.05, 3.63) is 40.9 Å². The molecule has 1 aromatic carbocycles. The SMILES string of the molecule is CC(=O)c1cnc(N2CCOc3ccccc3C2)s1. The molecular weight excluding hydrogens is 260 g/mol. The highest BCUT2D eigenvalue weighted by atomic mass is 32.1. The number of rotatable bonds is 2. The van der Waals surface area contributed by atoms with Crippen LogP contribution in [0.2, 0.25) is 0 Å². The van der Waals surface area contributed by atoms with Gasteiger partial charge in [-0.3, -0.25) is 4.79 Å². The molecule has 1 aliphatic heterocycles. The predicted octanol–water partition coefficient (Wildman–Crippen LogP) is 2.74. The summed E-state index contributed by atoms with van der Waals surface area (Å²) < 4.78 is 5.72. The monoisotopic (exact) mass is 274 g/mol. The highest BCUT2D eigenvalue weighted by Gasteiger charge is 2.18. The Bertz CT molecular complexity index is 609. The van der Waals surface area contributed by atoms with Gasteiger partial charge in [0.1, 0.15) is 12.4 Å². The molecule has 3 rings (SSSR count). The third-order valence-electron chi connectivity index (χ3n) is 3.06. The van der Waals surface area contributed by atoms with Gasteiger partial charge in [0.05, 0.1) is 17.6 Å². The van der Waals surface area contributed by atoms with Gasteiger partial charge in [0.15, 0.2) is 10.9 Å². The maximum atomic E-state index is 11.3. The number of ketones is 1. The Kier molecular flexibility index (Phi) is 3.21. The molecule has 2 aromatic rings. The minimum Gasteiger partial charge on any atom is -0.491 e. The summed E-state index contributed by atoms with van der Waals surface area (Å²) >= 11 is 1.44. The number of para-hydroxylation sites is 1. The molecule has 0 radical (unpaired) electrons. The number of nitrogens with zero attached hydrogens (tertiary/aromatic N) is 2. The zero-order chi connectivity index (χ0) is 13.2. The van der Waals surface area contributed by atoms with Crippen molar-refractivity contribution < 1.29 is 9.53 Å². The lowest BCUT2D eigenvalue weighted by molar-refractivity contribution is 0.102. The largest absolute Gasteiger partial charge is 0.491 e. The van der Waals surface area contributed by atoms with Gasteiger partial charge >= 0.3 is 0 Å². The summed E-state index contributed by atoms with van der Waals surface area (Å²) in [5.41, 5.74) is 1.15. The molecular formula is C14H14N2O2S. The summed E-state index contributed by atoms with van der Waals surface area (Å²) in [5.74, 6) is 1.00. The number of Topliss-reactive ketones (excluding diaryl/α,β-unsaturated/α-hetero) is 1. The van der Waals surface area contributed by atoms with Crippen LogP contribution in [0.15, 0.2) is 30.5 Å². The number of hydrogen-bond donors (Lipinski definition) is 0. The van der Waals surface area contributed by atoms with E-state index in [9.17, 15) is 4.79 Å². The molecule has 1 aromatic heterocycles. The molecule has 1 aliphatic rings. The number of thiazole rings is 1. The third-order valence-corrected chi connectivity index (χ3v) is 4.22. The van der Waals surface area contributed by atoms with E-state index in [1.54, 1.807) is 13.1 Å². The number of hydrogen-bond acceptors (Lipinski definition) is 5. The van der Waals surface area contributed by atoms with Crippen molar-refractivity contribution in [1.29, 1.82) is 0 Å². The molecule has 0 saturated carbocycles. The van der Waals surface area contributed by atoms with Gasteiger partial charge in [-0.1, -0.05) is 29.5 Å². The van der Waals surface area contributed by atoms with E-state index in [4.69, 9.17) is 4.74 Å².